The highest BCUT2D eigenvalue weighted by atomic mass is 16.2. The number of carbonyl (C=O) groups excluding carboxylic acids is 2. The van der Waals surface area contributed by atoms with Crippen LogP contribution in [0.3, 0.4) is 0 Å². The fourth-order valence-corrected chi connectivity index (χ4v) is 4.00. The van der Waals surface area contributed by atoms with E-state index in [0.29, 0.717) is 43.1 Å². The van der Waals surface area contributed by atoms with Crippen LogP contribution in [-0.2, 0) is 11.3 Å². The van der Waals surface area contributed by atoms with Crippen molar-refractivity contribution in [1.29, 1.82) is 0 Å². The van der Waals surface area contributed by atoms with Crippen molar-refractivity contribution in [2.45, 2.75) is 20.4 Å². The van der Waals surface area contributed by atoms with E-state index >= 15 is 0 Å². The standard InChI is InChI=1S/C24H28N6O2/c1-17-15-18(2)30(27-17)16-23(31)29-13-11-28(12-14-29)22-10-6-3-7-19(22)24(32)26-21-9-5-4-8-20(21)25/h3-10,15H,11-14,16,25H2,1-2H3,(H,26,32). The predicted octanol–water partition coefficient (Wildman–Crippen LogP) is 2.68. The molecule has 2 aromatic carbocycles. The van der Waals surface area contributed by atoms with Gasteiger partial charge in [-0.3, -0.25) is 14.3 Å². The Morgan fingerprint density at radius 1 is 1.00 bits per heavy atom. The monoisotopic (exact) mass is 432 g/mol. The van der Waals surface area contributed by atoms with Crippen molar-refractivity contribution in [3.8, 4) is 0 Å². The van der Waals surface area contributed by atoms with Gasteiger partial charge in [0, 0.05) is 37.6 Å². The number of benzene rings is 2. The van der Waals surface area contributed by atoms with Crippen LogP contribution in [0.2, 0.25) is 0 Å². The number of nitrogens with two attached hydrogens (primary N) is 1. The molecule has 8 nitrogen and oxygen atoms in total. The Kier molecular flexibility index (Phi) is 6.11. The Bertz CT molecular complexity index is 1130. The third kappa shape index (κ3) is 4.59. The lowest BCUT2D eigenvalue weighted by molar-refractivity contribution is -0.132. The lowest BCUT2D eigenvalue weighted by atomic mass is 10.1. The molecule has 3 N–H and O–H groups in total. The van der Waals surface area contributed by atoms with Crippen LogP contribution >= 0.6 is 0 Å². The third-order valence-corrected chi connectivity index (χ3v) is 5.72. The summed E-state index contributed by atoms with van der Waals surface area (Å²) in [4.78, 5) is 29.7. The SMILES string of the molecule is Cc1cc(C)n(CC(=O)N2CCN(c3ccccc3C(=O)Nc3ccccc3N)CC2)n1. The number of nitrogens with zero attached hydrogens (tertiary/aromatic N) is 4. The molecule has 8 heteroatoms. The quantitative estimate of drug-likeness (QED) is 0.605. The molecule has 1 aliphatic heterocycles. The molecule has 0 radical (unpaired) electrons. The number of para-hydroxylation sites is 3. The van der Waals surface area contributed by atoms with Crippen molar-refractivity contribution in [3.05, 3.63) is 71.5 Å². The van der Waals surface area contributed by atoms with Crippen molar-refractivity contribution in [1.82, 2.24) is 14.7 Å². The summed E-state index contributed by atoms with van der Waals surface area (Å²) in [5.74, 6) is -0.150. The highest BCUT2D eigenvalue weighted by Crippen LogP contribution is 2.25. The fraction of sp³-hybridized carbons (Fsp3) is 0.292. The van der Waals surface area contributed by atoms with Crippen LogP contribution in [0.25, 0.3) is 0 Å². The van der Waals surface area contributed by atoms with Gasteiger partial charge in [-0.1, -0.05) is 24.3 Å². The molecule has 0 saturated carbocycles. The van der Waals surface area contributed by atoms with Crippen LogP contribution in [-0.4, -0.2) is 52.7 Å². The van der Waals surface area contributed by atoms with Crippen molar-refractivity contribution < 1.29 is 9.59 Å². The number of hydrogen-bond donors (Lipinski definition) is 2. The minimum absolute atomic E-state index is 0.0569. The van der Waals surface area contributed by atoms with Gasteiger partial charge in [0.15, 0.2) is 0 Å². The summed E-state index contributed by atoms with van der Waals surface area (Å²) in [6.07, 6.45) is 0. The van der Waals surface area contributed by atoms with E-state index < -0.39 is 0 Å². The molecule has 0 aliphatic carbocycles. The maximum atomic E-state index is 13.0. The average Bonchev–Trinajstić information content (AvgIpc) is 3.11. The minimum Gasteiger partial charge on any atom is -0.397 e. The summed E-state index contributed by atoms with van der Waals surface area (Å²) in [5, 5.41) is 7.29. The first-order valence-corrected chi connectivity index (χ1v) is 10.7. The molecular weight excluding hydrogens is 404 g/mol. The number of rotatable bonds is 5. The van der Waals surface area contributed by atoms with Gasteiger partial charge in [-0.2, -0.15) is 5.10 Å². The van der Waals surface area contributed by atoms with Crippen LogP contribution in [0.15, 0.2) is 54.6 Å². The number of nitrogen functional groups attached to an aromatic ring is 1. The van der Waals surface area contributed by atoms with E-state index in [-0.39, 0.29) is 18.4 Å². The average molecular weight is 433 g/mol. The van der Waals surface area contributed by atoms with Gasteiger partial charge >= 0.3 is 0 Å². The first-order valence-electron chi connectivity index (χ1n) is 10.7. The molecule has 166 valence electrons. The van der Waals surface area contributed by atoms with Crippen LogP contribution in [0.5, 0.6) is 0 Å². The summed E-state index contributed by atoms with van der Waals surface area (Å²) in [7, 11) is 0. The first-order chi connectivity index (χ1) is 15.4. The number of carbonyl (C=O) groups is 2. The first kappa shape index (κ1) is 21.4. The zero-order valence-electron chi connectivity index (χ0n) is 18.4. The van der Waals surface area contributed by atoms with Crippen LogP contribution in [0.1, 0.15) is 21.7 Å². The summed E-state index contributed by atoms with van der Waals surface area (Å²) < 4.78 is 1.75. The molecule has 1 saturated heterocycles. The second-order valence-corrected chi connectivity index (χ2v) is 8.01. The minimum atomic E-state index is -0.207. The van der Waals surface area contributed by atoms with Crippen LogP contribution in [0.4, 0.5) is 17.1 Å². The van der Waals surface area contributed by atoms with Gasteiger partial charge in [0.25, 0.3) is 5.91 Å². The molecule has 2 amide bonds. The van der Waals surface area contributed by atoms with Gasteiger partial charge in [-0.25, -0.2) is 0 Å². The Morgan fingerprint density at radius 3 is 2.38 bits per heavy atom. The summed E-state index contributed by atoms with van der Waals surface area (Å²) in [6.45, 7) is 6.63. The Morgan fingerprint density at radius 2 is 1.69 bits per heavy atom. The van der Waals surface area contributed by atoms with E-state index in [1.165, 1.54) is 0 Å². The smallest absolute Gasteiger partial charge is 0.257 e. The van der Waals surface area contributed by atoms with E-state index in [4.69, 9.17) is 5.73 Å². The van der Waals surface area contributed by atoms with Crippen molar-refractivity contribution in [3.63, 3.8) is 0 Å². The number of amides is 2. The normalized spacial score (nSPS) is 13.8. The highest BCUT2D eigenvalue weighted by Gasteiger charge is 2.24. The van der Waals surface area contributed by atoms with Crippen molar-refractivity contribution in [2.75, 3.05) is 42.1 Å². The van der Waals surface area contributed by atoms with Crippen molar-refractivity contribution >= 4 is 28.9 Å². The second-order valence-electron chi connectivity index (χ2n) is 8.01. The lowest BCUT2D eigenvalue weighted by Crippen LogP contribution is -2.50. The Hall–Kier alpha value is -3.81. The number of aryl methyl sites for hydroxylation is 2. The van der Waals surface area contributed by atoms with E-state index in [2.05, 4.69) is 15.3 Å². The summed E-state index contributed by atoms with van der Waals surface area (Å²) in [5.41, 5.74) is 10.4. The third-order valence-electron chi connectivity index (χ3n) is 5.72. The largest absolute Gasteiger partial charge is 0.397 e. The molecule has 4 rings (SSSR count). The fourth-order valence-electron chi connectivity index (χ4n) is 4.00. The molecule has 1 aromatic heterocycles. The van der Waals surface area contributed by atoms with Gasteiger partial charge < -0.3 is 20.9 Å². The van der Waals surface area contributed by atoms with Crippen LogP contribution in [0, 0.1) is 13.8 Å². The number of aromatic nitrogens is 2. The molecule has 0 bridgehead atoms. The molecule has 3 aromatic rings. The number of anilines is 3. The van der Waals surface area contributed by atoms with Gasteiger partial charge in [0.1, 0.15) is 6.54 Å². The number of piperazine rings is 1. The van der Waals surface area contributed by atoms with E-state index in [0.717, 1.165) is 17.1 Å². The Labute approximate surface area is 187 Å². The van der Waals surface area contributed by atoms with Gasteiger partial charge in [-0.05, 0) is 44.2 Å². The highest BCUT2D eigenvalue weighted by molar-refractivity contribution is 6.09. The second kappa shape index (κ2) is 9.13. The molecule has 0 atom stereocenters. The Balaban J connectivity index is 1.41. The topological polar surface area (TPSA) is 96.5 Å². The van der Waals surface area contributed by atoms with E-state index in [9.17, 15) is 9.59 Å². The summed E-state index contributed by atoms with van der Waals surface area (Å²) >= 11 is 0. The van der Waals surface area contributed by atoms with Crippen LogP contribution < -0.4 is 16.0 Å². The molecule has 0 spiro atoms. The van der Waals surface area contributed by atoms with E-state index in [1.807, 2.05) is 61.2 Å². The lowest BCUT2D eigenvalue weighted by Gasteiger charge is -2.37. The molecule has 1 aliphatic rings. The maximum Gasteiger partial charge on any atom is 0.257 e. The maximum absolute atomic E-state index is 13.0. The zero-order chi connectivity index (χ0) is 22.7. The van der Waals surface area contributed by atoms with E-state index in [1.54, 1.807) is 16.8 Å². The number of nitrogens with one attached hydrogen (secondary N) is 1. The molecular formula is C24H28N6O2. The van der Waals surface area contributed by atoms with Gasteiger partial charge in [-0.15, -0.1) is 0 Å². The van der Waals surface area contributed by atoms with Gasteiger partial charge in [0.05, 0.1) is 22.6 Å². The molecule has 0 unspecified atom stereocenters. The zero-order valence-corrected chi connectivity index (χ0v) is 18.4. The molecule has 32 heavy (non-hydrogen) atoms. The summed E-state index contributed by atoms with van der Waals surface area (Å²) in [6, 6.07) is 16.7. The van der Waals surface area contributed by atoms with Gasteiger partial charge in [0.2, 0.25) is 5.91 Å². The number of hydrogen-bond acceptors (Lipinski definition) is 5. The molecule has 1 fully saturated rings. The molecule has 2 heterocycles. The van der Waals surface area contributed by atoms with Crippen molar-refractivity contribution in [2.24, 2.45) is 0 Å². The predicted molar refractivity (Wildman–Crippen MR) is 126 cm³/mol.